The number of aliphatic hydroxyl groups excluding tert-OH is 2. The number of hydrogen-bond acceptors (Lipinski definition) is 3. The number of aliphatic hydroxyl groups is 2. The average molecular weight is 688 g/mol. The Morgan fingerprint density at radius 2 is 0.796 bits per heavy atom. The fourth-order valence-corrected chi connectivity index (χ4v) is 6.50. The molecule has 0 radical (unpaired) electrons. The van der Waals surface area contributed by atoms with Gasteiger partial charge in [-0.05, 0) is 44.9 Å². The Hall–Kier alpha value is -1.39. The van der Waals surface area contributed by atoms with E-state index in [-0.39, 0.29) is 12.5 Å². The molecule has 0 spiro atoms. The maximum atomic E-state index is 12.2. The van der Waals surface area contributed by atoms with Crippen molar-refractivity contribution in [3.8, 4) is 0 Å². The van der Waals surface area contributed by atoms with E-state index >= 15 is 0 Å². The zero-order chi connectivity index (χ0) is 35.7. The van der Waals surface area contributed by atoms with E-state index in [9.17, 15) is 15.0 Å². The molecule has 4 heteroatoms. The predicted molar refractivity (Wildman–Crippen MR) is 216 cm³/mol. The minimum atomic E-state index is -0.865. The Bertz CT molecular complexity index is 746. The largest absolute Gasteiger partial charge is 0.394 e. The molecule has 0 aliphatic rings. The average Bonchev–Trinajstić information content (AvgIpc) is 3.10. The van der Waals surface area contributed by atoms with Crippen LogP contribution in [0.25, 0.3) is 0 Å². The topological polar surface area (TPSA) is 69.6 Å². The zero-order valence-corrected chi connectivity index (χ0v) is 33.0. The number of carbonyl (C=O) groups is 1. The zero-order valence-electron chi connectivity index (χ0n) is 33.0. The van der Waals surface area contributed by atoms with Crippen molar-refractivity contribution >= 4 is 5.91 Å². The van der Waals surface area contributed by atoms with Crippen LogP contribution >= 0.6 is 0 Å². The second kappa shape index (κ2) is 41.0. The first-order chi connectivity index (χ1) is 24.2. The van der Waals surface area contributed by atoms with Gasteiger partial charge in [0.2, 0.25) is 5.91 Å². The van der Waals surface area contributed by atoms with E-state index in [4.69, 9.17) is 0 Å². The Morgan fingerprint density at radius 3 is 1.18 bits per heavy atom. The van der Waals surface area contributed by atoms with Gasteiger partial charge in [0.05, 0.1) is 18.8 Å². The third kappa shape index (κ3) is 37.7. The molecule has 0 aliphatic carbocycles. The lowest BCUT2D eigenvalue weighted by Crippen LogP contribution is -2.45. The van der Waals surface area contributed by atoms with Crippen LogP contribution in [0.4, 0.5) is 0 Å². The molecule has 0 aliphatic heterocycles. The minimum Gasteiger partial charge on any atom is -0.394 e. The Labute approximate surface area is 306 Å². The summed E-state index contributed by atoms with van der Waals surface area (Å²) < 4.78 is 0. The summed E-state index contributed by atoms with van der Waals surface area (Å²) in [5, 5.41) is 22.8. The van der Waals surface area contributed by atoms with Crippen LogP contribution in [-0.2, 0) is 4.79 Å². The lowest BCUT2D eigenvalue weighted by molar-refractivity contribution is -0.123. The van der Waals surface area contributed by atoms with E-state index in [0.29, 0.717) is 6.42 Å². The molecule has 0 aromatic rings. The third-order valence-corrected chi connectivity index (χ3v) is 9.85. The number of carbonyl (C=O) groups excluding carboxylic acids is 1. The second-order valence-corrected chi connectivity index (χ2v) is 14.8. The summed E-state index contributed by atoms with van der Waals surface area (Å²) in [5.74, 6) is -0.0854. The number of unbranched alkanes of at least 4 members (excludes halogenated alkanes) is 28. The van der Waals surface area contributed by atoms with E-state index in [2.05, 4.69) is 43.5 Å². The quantitative estimate of drug-likeness (QED) is 0.0445. The van der Waals surface area contributed by atoms with Crippen LogP contribution in [-0.4, -0.2) is 34.9 Å². The molecule has 288 valence electrons. The Morgan fingerprint density at radius 1 is 0.469 bits per heavy atom. The van der Waals surface area contributed by atoms with Gasteiger partial charge in [0.1, 0.15) is 0 Å². The Balaban J connectivity index is 3.51. The summed E-state index contributed by atoms with van der Waals surface area (Å²) in [7, 11) is 0. The second-order valence-electron chi connectivity index (χ2n) is 14.8. The Kier molecular flexibility index (Phi) is 39.9. The SMILES string of the molecule is CCCCCCCCCCCCCCCCCCCCCC/C=C/CC/C=C/CC/C=C/C(O)C(CO)NC(=O)CCCCCCCCC. The van der Waals surface area contributed by atoms with Gasteiger partial charge >= 0.3 is 0 Å². The van der Waals surface area contributed by atoms with E-state index in [0.717, 1.165) is 38.5 Å². The highest BCUT2D eigenvalue weighted by Crippen LogP contribution is 2.15. The van der Waals surface area contributed by atoms with Crippen molar-refractivity contribution < 1.29 is 15.0 Å². The van der Waals surface area contributed by atoms with Gasteiger partial charge in [0.25, 0.3) is 0 Å². The van der Waals surface area contributed by atoms with Gasteiger partial charge in [0.15, 0.2) is 0 Å². The van der Waals surface area contributed by atoms with Crippen LogP contribution in [0.5, 0.6) is 0 Å². The number of amides is 1. The van der Waals surface area contributed by atoms with Crippen molar-refractivity contribution in [1.82, 2.24) is 5.32 Å². The molecule has 0 saturated carbocycles. The highest BCUT2D eigenvalue weighted by atomic mass is 16.3. The normalized spacial score (nSPS) is 13.3. The van der Waals surface area contributed by atoms with Gasteiger partial charge in [-0.1, -0.05) is 211 Å². The molecule has 1 amide bonds. The van der Waals surface area contributed by atoms with E-state index in [1.165, 1.54) is 167 Å². The molecule has 2 unspecified atom stereocenters. The van der Waals surface area contributed by atoms with Crippen molar-refractivity contribution in [2.45, 2.75) is 238 Å². The number of rotatable bonds is 39. The van der Waals surface area contributed by atoms with Gasteiger partial charge in [0, 0.05) is 6.42 Å². The summed E-state index contributed by atoms with van der Waals surface area (Å²) in [6, 6.07) is -0.640. The highest BCUT2D eigenvalue weighted by Gasteiger charge is 2.17. The summed E-state index contributed by atoms with van der Waals surface area (Å²) in [5.41, 5.74) is 0. The monoisotopic (exact) mass is 688 g/mol. The maximum Gasteiger partial charge on any atom is 0.220 e. The lowest BCUT2D eigenvalue weighted by atomic mass is 10.0. The summed E-state index contributed by atoms with van der Waals surface area (Å²) in [6.07, 6.45) is 54.3. The van der Waals surface area contributed by atoms with Crippen LogP contribution < -0.4 is 5.32 Å². The highest BCUT2D eigenvalue weighted by molar-refractivity contribution is 5.76. The number of allylic oxidation sites excluding steroid dienone is 5. The first kappa shape index (κ1) is 47.6. The van der Waals surface area contributed by atoms with Gasteiger partial charge in [-0.25, -0.2) is 0 Å². The third-order valence-electron chi connectivity index (χ3n) is 9.85. The fourth-order valence-electron chi connectivity index (χ4n) is 6.50. The molecule has 49 heavy (non-hydrogen) atoms. The van der Waals surface area contributed by atoms with E-state index in [1.807, 2.05) is 6.08 Å². The van der Waals surface area contributed by atoms with Crippen LogP contribution in [0.2, 0.25) is 0 Å². The van der Waals surface area contributed by atoms with Crippen LogP contribution in [0, 0.1) is 0 Å². The molecular weight excluding hydrogens is 602 g/mol. The maximum absolute atomic E-state index is 12.2. The molecule has 0 rings (SSSR count). The van der Waals surface area contributed by atoms with E-state index < -0.39 is 12.1 Å². The number of hydrogen-bond donors (Lipinski definition) is 3. The summed E-state index contributed by atoms with van der Waals surface area (Å²) >= 11 is 0. The number of nitrogens with one attached hydrogen (secondary N) is 1. The summed E-state index contributed by atoms with van der Waals surface area (Å²) in [6.45, 7) is 4.25. The van der Waals surface area contributed by atoms with Crippen molar-refractivity contribution in [2.75, 3.05) is 6.61 Å². The molecule has 2 atom stereocenters. The molecule has 0 aromatic carbocycles. The van der Waals surface area contributed by atoms with Crippen LogP contribution in [0.1, 0.15) is 226 Å². The first-order valence-corrected chi connectivity index (χ1v) is 21.7. The van der Waals surface area contributed by atoms with Crippen LogP contribution in [0.3, 0.4) is 0 Å². The molecule has 4 nitrogen and oxygen atoms in total. The fraction of sp³-hybridized carbons (Fsp3) is 0.844. The molecule has 0 heterocycles. The molecule has 0 fully saturated rings. The van der Waals surface area contributed by atoms with E-state index in [1.54, 1.807) is 6.08 Å². The predicted octanol–water partition coefficient (Wildman–Crippen LogP) is 13.4. The van der Waals surface area contributed by atoms with Gasteiger partial charge in [-0.3, -0.25) is 4.79 Å². The van der Waals surface area contributed by atoms with Crippen molar-refractivity contribution in [3.63, 3.8) is 0 Å². The van der Waals surface area contributed by atoms with Gasteiger partial charge in [-0.15, -0.1) is 0 Å². The van der Waals surface area contributed by atoms with Crippen molar-refractivity contribution in [3.05, 3.63) is 36.5 Å². The minimum absolute atomic E-state index is 0.0854. The smallest absolute Gasteiger partial charge is 0.220 e. The van der Waals surface area contributed by atoms with Crippen molar-refractivity contribution in [1.29, 1.82) is 0 Å². The van der Waals surface area contributed by atoms with Gasteiger partial charge in [-0.2, -0.15) is 0 Å². The van der Waals surface area contributed by atoms with Crippen LogP contribution in [0.15, 0.2) is 36.5 Å². The molecule has 0 bridgehead atoms. The summed E-state index contributed by atoms with van der Waals surface area (Å²) in [4.78, 5) is 12.2. The lowest BCUT2D eigenvalue weighted by Gasteiger charge is -2.19. The molecule has 0 saturated heterocycles. The van der Waals surface area contributed by atoms with Gasteiger partial charge < -0.3 is 15.5 Å². The standard InChI is InChI=1S/C45H85NO3/c1-3-5-7-9-11-12-13-14-15-16-17-18-19-20-21-22-23-24-25-26-27-28-29-30-31-32-33-35-36-38-40-44(48)43(42-47)46-45(49)41-39-37-34-10-8-6-4-2/h28-29,32-33,38,40,43-44,47-48H,3-27,30-31,34-37,39,41-42H2,1-2H3,(H,46,49)/b29-28+,33-32+,40-38+. The first-order valence-electron chi connectivity index (χ1n) is 21.7. The van der Waals surface area contributed by atoms with Crippen molar-refractivity contribution in [2.24, 2.45) is 0 Å². The molecule has 3 N–H and O–H groups in total. The molecular formula is C45H85NO3. The molecule has 0 aromatic heterocycles.